The van der Waals surface area contributed by atoms with Crippen molar-refractivity contribution < 1.29 is 9.90 Å². The lowest BCUT2D eigenvalue weighted by molar-refractivity contribution is 0.0782. The second kappa shape index (κ2) is 4.53. The Morgan fingerprint density at radius 2 is 2.38 bits per heavy atom. The van der Waals surface area contributed by atoms with Crippen LogP contribution in [0.15, 0.2) is 24.3 Å². The fourth-order valence-corrected chi connectivity index (χ4v) is 2.02. The van der Waals surface area contributed by atoms with E-state index in [1.54, 1.807) is 29.2 Å². The highest BCUT2D eigenvalue weighted by Crippen LogP contribution is 2.18. The van der Waals surface area contributed by atoms with Crippen LogP contribution in [-0.2, 0) is 0 Å². The molecule has 1 amide bonds. The van der Waals surface area contributed by atoms with Gasteiger partial charge in [0, 0.05) is 36.9 Å². The van der Waals surface area contributed by atoms with Crippen molar-refractivity contribution in [3.63, 3.8) is 0 Å². The molecular formula is C12H16N2O2. The van der Waals surface area contributed by atoms with E-state index in [0.717, 1.165) is 13.0 Å². The molecule has 1 atom stereocenters. The maximum Gasteiger partial charge on any atom is 0.253 e. The molecule has 1 aromatic carbocycles. The predicted octanol–water partition coefficient (Wildman–Crippen LogP) is 0.723. The predicted molar refractivity (Wildman–Crippen MR) is 62.0 cm³/mol. The van der Waals surface area contributed by atoms with E-state index in [9.17, 15) is 4.79 Å². The molecule has 0 spiro atoms. The van der Waals surface area contributed by atoms with Crippen LogP contribution in [0.4, 0.5) is 5.69 Å². The Hall–Kier alpha value is -1.55. The van der Waals surface area contributed by atoms with E-state index < -0.39 is 0 Å². The summed E-state index contributed by atoms with van der Waals surface area (Å²) < 4.78 is 0. The number of carbonyl (C=O) groups is 1. The maximum absolute atomic E-state index is 12.0. The minimum Gasteiger partial charge on any atom is -0.399 e. The van der Waals surface area contributed by atoms with Crippen LogP contribution in [0.5, 0.6) is 0 Å². The smallest absolute Gasteiger partial charge is 0.253 e. The number of carbonyl (C=O) groups excluding carboxylic acids is 1. The Labute approximate surface area is 94.7 Å². The molecule has 86 valence electrons. The minimum atomic E-state index is 0.00301. The molecule has 0 aromatic heterocycles. The van der Waals surface area contributed by atoms with Gasteiger partial charge in [0.15, 0.2) is 0 Å². The molecule has 1 fully saturated rings. The van der Waals surface area contributed by atoms with Gasteiger partial charge < -0.3 is 15.7 Å². The first-order valence-corrected chi connectivity index (χ1v) is 5.46. The van der Waals surface area contributed by atoms with E-state index in [1.807, 2.05) is 0 Å². The summed E-state index contributed by atoms with van der Waals surface area (Å²) in [6.45, 7) is 1.52. The van der Waals surface area contributed by atoms with Crippen LogP contribution in [-0.4, -0.2) is 35.6 Å². The van der Waals surface area contributed by atoms with E-state index in [1.165, 1.54) is 0 Å². The SMILES string of the molecule is Nc1cccc(C(=O)N2CCC(CO)C2)c1. The lowest BCUT2D eigenvalue weighted by Crippen LogP contribution is -2.29. The third-order valence-corrected chi connectivity index (χ3v) is 2.96. The van der Waals surface area contributed by atoms with Crippen molar-refractivity contribution in [2.45, 2.75) is 6.42 Å². The fraction of sp³-hybridized carbons (Fsp3) is 0.417. The molecule has 1 aliphatic heterocycles. The highest BCUT2D eigenvalue weighted by atomic mass is 16.3. The molecule has 4 heteroatoms. The van der Waals surface area contributed by atoms with Crippen molar-refractivity contribution in [3.8, 4) is 0 Å². The fourth-order valence-electron chi connectivity index (χ4n) is 2.02. The van der Waals surface area contributed by atoms with E-state index in [0.29, 0.717) is 17.8 Å². The summed E-state index contributed by atoms with van der Waals surface area (Å²) in [5.41, 5.74) is 6.86. The van der Waals surface area contributed by atoms with Gasteiger partial charge in [-0.3, -0.25) is 4.79 Å². The number of rotatable bonds is 2. The first-order chi connectivity index (χ1) is 7.70. The van der Waals surface area contributed by atoms with Crippen LogP contribution < -0.4 is 5.73 Å². The topological polar surface area (TPSA) is 66.6 Å². The zero-order chi connectivity index (χ0) is 11.5. The average Bonchev–Trinajstić information content (AvgIpc) is 2.76. The van der Waals surface area contributed by atoms with E-state index in [2.05, 4.69) is 0 Å². The van der Waals surface area contributed by atoms with Gasteiger partial charge in [-0.1, -0.05) is 6.07 Å². The molecule has 0 bridgehead atoms. The molecule has 3 N–H and O–H groups in total. The number of aliphatic hydroxyl groups excluding tert-OH is 1. The number of hydrogen-bond acceptors (Lipinski definition) is 3. The summed E-state index contributed by atoms with van der Waals surface area (Å²) in [4.78, 5) is 13.8. The van der Waals surface area contributed by atoms with Gasteiger partial charge in [0.25, 0.3) is 5.91 Å². The molecule has 1 unspecified atom stereocenters. The summed E-state index contributed by atoms with van der Waals surface area (Å²) in [7, 11) is 0. The van der Waals surface area contributed by atoms with Crippen molar-refractivity contribution in [3.05, 3.63) is 29.8 Å². The Morgan fingerprint density at radius 3 is 3.00 bits per heavy atom. The summed E-state index contributed by atoms with van der Waals surface area (Å²) >= 11 is 0. The Morgan fingerprint density at radius 1 is 1.56 bits per heavy atom. The third kappa shape index (κ3) is 2.17. The summed E-state index contributed by atoms with van der Waals surface area (Å²) in [6, 6.07) is 7.00. The van der Waals surface area contributed by atoms with E-state index >= 15 is 0 Å². The first-order valence-electron chi connectivity index (χ1n) is 5.46. The average molecular weight is 220 g/mol. The molecular weight excluding hydrogens is 204 g/mol. The number of nitrogens with two attached hydrogens (primary N) is 1. The second-order valence-electron chi connectivity index (χ2n) is 4.21. The van der Waals surface area contributed by atoms with Crippen molar-refractivity contribution >= 4 is 11.6 Å². The monoisotopic (exact) mass is 220 g/mol. The van der Waals surface area contributed by atoms with Crippen LogP contribution >= 0.6 is 0 Å². The van der Waals surface area contributed by atoms with Gasteiger partial charge in [-0.25, -0.2) is 0 Å². The van der Waals surface area contributed by atoms with Gasteiger partial charge in [-0.05, 0) is 24.6 Å². The maximum atomic E-state index is 12.0. The van der Waals surface area contributed by atoms with Crippen LogP contribution in [0.3, 0.4) is 0 Å². The number of nitrogens with zero attached hydrogens (tertiary/aromatic N) is 1. The normalized spacial score (nSPS) is 20.1. The van der Waals surface area contributed by atoms with Gasteiger partial charge in [0.2, 0.25) is 0 Å². The standard InChI is InChI=1S/C12H16N2O2/c13-11-3-1-2-10(6-11)12(16)14-5-4-9(7-14)8-15/h1-3,6,9,15H,4-5,7-8,13H2. The van der Waals surface area contributed by atoms with E-state index in [-0.39, 0.29) is 18.4 Å². The van der Waals surface area contributed by atoms with Crippen molar-refractivity contribution in [2.24, 2.45) is 5.92 Å². The number of nitrogen functional groups attached to an aromatic ring is 1. The number of hydrogen-bond donors (Lipinski definition) is 2. The molecule has 1 aliphatic rings. The molecule has 1 heterocycles. The number of amides is 1. The van der Waals surface area contributed by atoms with Crippen LogP contribution in [0, 0.1) is 5.92 Å². The number of anilines is 1. The highest BCUT2D eigenvalue weighted by molar-refractivity contribution is 5.95. The van der Waals surface area contributed by atoms with Crippen molar-refractivity contribution in [2.75, 3.05) is 25.4 Å². The molecule has 1 aromatic rings. The molecule has 16 heavy (non-hydrogen) atoms. The van der Waals surface area contributed by atoms with Crippen LogP contribution in [0.1, 0.15) is 16.8 Å². The minimum absolute atomic E-state index is 0.00301. The zero-order valence-electron chi connectivity index (χ0n) is 9.10. The summed E-state index contributed by atoms with van der Waals surface area (Å²) in [5.74, 6) is 0.230. The molecule has 4 nitrogen and oxygen atoms in total. The van der Waals surface area contributed by atoms with Crippen molar-refractivity contribution in [1.29, 1.82) is 0 Å². The third-order valence-electron chi connectivity index (χ3n) is 2.96. The zero-order valence-corrected chi connectivity index (χ0v) is 9.10. The quantitative estimate of drug-likeness (QED) is 0.722. The molecule has 0 aliphatic carbocycles. The lowest BCUT2D eigenvalue weighted by atomic mass is 10.1. The molecule has 1 saturated heterocycles. The second-order valence-corrected chi connectivity index (χ2v) is 4.21. The number of likely N-dealkylation sites (tertiary alicyclic amines) is 1. The number of benzene rings is 1. The van der Waals surface area contributed by atoms with E-state index in [4.69, 9.17) is 10.8 Å². The summed E-state index contributed by atoms with van der Waals surface area (Å²) in [5, 5.41) is 9.02. The molecule has 2 rings (SSSR count). The Bertz CT molecular complexity index is 392. The molecule has 0 saturated carbocycles. The molecule has 0 radical (unpaired) electrons. The van der Waals surface area contributed by atoms with Gasteiger partial charge >= 0.3 is 0 Å². The van der Waals surface area contributed by atoms with Crippen LogP contribution in [0.2, 0.25) is 0 Å². The van der Waals surface area contributed by atoms with Gasteiger partial charge in [-0.15, -0.1) is 0 Å². The van der Waals surface area contributed by atoms with Crippen LogP contribution in [0.25, 0.3) is 0 Å². The number of aliphatic hydroxyl groups is 1. The Kier molecular flexibility index (Phi) is 3.10. The first kappa shape index (κ1) is 11.0. The highest BCUT2D eigenvalue weighted by Gasteiger charge is 2.26. The largest absolute Gasteiger partial charge is 0.399 e. The van der Waals surface area contributed by atoms with Gasteiger partial charge in [0.1, 0.15) is 0 Å². The van der Waals surface area contributed by atoms with Gasteiger partial charge in [-0.2, -0.15) is 0 Å². The van der Waals surface area contributed by atoms with Crippen molar-refractivity contribution in [1.82, 2.24) is 4.90 Å². The lowest BCUT2D eigenvalue weighted by Gasteiger charge is -2.16. The van der Waals surface area contributed by atoms with Gasteiger partial charge in [0.05, 0.1) is 0 Å². The Balaban J connectivity index is 2.08. The summed E-state index contributed by atoms with van der Waals surface area (Å²) in [6.07, 6.45) is 0.880.